The zero-order valence-corrected chi connectivity index (χ0v) is 14.8. The van der Waals surface area contributed by atoms with Crippen LogP contribution in [0.3, 0.4) is 0 Å². The molecular formula is C20H17ClF3NO. The summed E-state index contributed by atoms with van der Waals surface area (Å²) in [6.45, 7) is 1.63. The Morgan fingerprint density at radius 1 is 1.38 bits per heavy atom. The first-order valence-electron chi connectivity index (χ1n) is 8.36. The zero-order valence-electron chi connectivity index (χ0n) is 14.1. The van der Waals surface area contributed by atoms with Gasteiger partial charge in [0.15, 0.2) is 0 Å². The van der Waals surface area contributed by atoms with Crippen molar-refractivity contribution in [2.75, 3.05) is 0 Å². The average Bonchev–Trinajstić information content (AvgIpc) is 2.93. The van der Waals surface area contributed by atoms with Crippen LogP contribution in [0, 0.1) is 17.1 Å². The summed E-state index contributed by atoms with van der Waals surface area (Å²) in [5.74, 6) is -0.669. The Morgan fingerprint density at radius 3 is 2.77 bits per heavy atom. The van der Waals surface area contributed by atoms with Crippen molar-refractivity contribution >= 4 is 11.6 Å². The molecule has 1 aliphatic carbocycles. The van der Waals surface area contributed by atoms with Gasteiger partial charge in [-0.3, -0.25) is 0 Å². The van der Waals surface area contributed by atoms with E-state index in [0.29, 0.717) is 22.3 Å². The molecule has 2 aromatic carbocycles. The van der Waals surface area contributed by atoms with Crippen LogP contribution in [0.2, 0.25) is 5.02 Å². The van der Waals surface area contributed by atoms with Gasteiger partial charge in [0.1, 0.15) is 24.3 Å². The molecule has 0 fully saturated rings. The molecule has 0 heterocycles. The molecule has 0 bridgehead atoms. The Morgan fingerprint density at radius 2 is 2.12 bits per heavy atom. The van der Waals surface area contributed by atoms with Crippen LogP contribution in [0.4, 0.5) is 13.2 Å². The molecule has 6 heteroatoms. The van der Waals surface area contributed by atoms with Crippen LogP contribution in [-0.2, 0) is 12.8 Å². The van der Waals surface area contributed by atoms with E-state index in [4.69, 9.17) is 11.6 Å². The summed E-state index contributed by atoms with van der Waals surface area (Å²) in [4.78, 5) is 0. The van der Waals surface area contributed by atoms with Crippen molar-refractivity contribution in [3.63, 3.8) is 0 Å². The summed E-state index contributed by atoms with van der Waals surface area (Å²) in [6.07, 6.45) is -3.89. The Kier molecular flexibility index (Phi) is 5.27. The van der Waals surface area contributed by atoms with Crippen LogP contribution in [0.1, 0.15) is 59.0 Å². The smallest absolute Gasteiger partial charge is 0.134 e. The van der Waals surface area contributed by atoms with E-state index in [1.807, 2.05) is 6.07 Å². The maximum atomic E-state index is 14.4. The van der Waals surface area contributed by atoms with Gasteiger partial charge in [-0.1, -0.05) is 24.6 Å². The molecular weight excluding hydrogens is 363 g/mol. The lowest BCUT2D eigenvalue weighted by Crippen LogP contribution is -2.06. The summed E-state index contributed by atoms with van der Waals surface area (Å²) in [5, 5.41) is 19.7. The van der Waals surface area contributed by atoms with Gasteiger partial charge < -0.3 is 5.11 Å². The van der Waals surface area contributed by atoms with E-state index in [1.54, 1.807) is 19.1 Å². The third-order valence-corrected chi connectivity index (χ3v) is 5.20. The number of benzene rings is 2. The fourth-order valence-electron chi connectivity index (χ4n) is 3.54. The Hall–Kier alpha value is -2.03. The van der Waals surface area contributed by atoms with Crippen molar-refractivity contribution in [1.82, 2.24) is 0 Å². The third-order valence-electron chi connectivity index (χ3n) is 4.87. The van der Waals surface area contributed by atoms with E-state index in [-0.39, 0.29) is 35.4 Å². The number of nitrogens with zero attached hydrogens (tertiary/aromatic N) is 1. The second kappa shape index (κ2) is 7.30. The highest BCUT2D eigenvalue weighted by molar-refractivity contribution is 6.31. The highest BCUT2D eigenvalue weighted by atomic mass is 35.5. The molecule has 2 nitrogen and oxygen atoms in total. The van der Waals surface area contributed by atoms with Crippen LogP contribution in [0.25, 0.3) is 0 Å². The van der Waals surface area contributed by atoms with Gasteiger partial charge in [0.25, 0.3) is 0 Å². The standard InChI is InChI=1S/C20H17ClF3NO/c1-2-17(23)15-7-12(22)5-11(9-25)13(15)6-10-3-4-16(21)19-14(10)8-18(24)20(19)26/h3-5,7,17-18,20,26H,2,6,8H2,1H3. The number of hydrogen-bond acceptors (Lipinski definition) is 2. The van der Waals surface area contributed by atoms with Gasteiger partial charge in [-0.25, -0.2) is 13.2 Å². The number of alkyl halides is 2. The van der Waals surface area contributed by atoms with Crippen LogP contribution in [-0.4, -0.2) is 11.3 Å². The average molecular weight is 380 g/mol. The van der Waals surface area contributed by atoms with Gasteiger partial charge in [0, 0.05) is 17.0 Å². The van der Waals surface area contributed by atoms with Gasteiger partial charge in [0.05, 0.1) is 11.6 Å². The highest BCUT2D eigenvalue weighted by Crippen LogP contribution is 2.41. The SMILES string of the molecule is CCC(F)c1cc(F)cc(C#N)c1Cc1ccc(Cl)c2c1CC(F)C2O. The topological polar surface area (TPSA) is 44.0 Å². The molecule has 0 saturated heterocycles. The number of nitriles is 1. The van der Waals surface area contributed by atoms with Crippen LogP contribution >= 0.6 is 11.6 Å². The summed E-state index contributed by atoms with van der Waals surface area (Å²) in [5.41, 5.74) is 2.12. The lowest BCUT2D eigenvalue weighted by Gasteiger charge is -2.17. The molecule has 3 atom stereocenters. The molecule has 2 aromatic rings. The molecule has 136 valence electrons. The Balaban J connectivity index is 2.13. The normalized spacial score (nSPS) is 19.9. The number of fused-ring (bicyclic) bond motifs is 1. The predicted octanol–water partition coefficient (Wildman–Crippen LogP) is 5.29. The predicted molar refractivity (Wildman–Crippen MR) is 93.1 cm³/mol. The van der Waals surface area contributed by atoms with Crippen molar-refractivity contribution in [2.45, 2.75) is 44.6 Å². The number of halogens is 4. The first-order valence-corrected chi connectivity index (χ1v) is 8.73. The quantitative estimate of drug-likeness (QED) is 0.784. The first-order chi connectivity index (χ1) is 12.4. The summed E-state index contributed by atoms with van der Waals surface area (Å²) < 4.78 is 42.2. The Labute approximate surface area is 154 Å². The van der Waals surface area contributed by atoms with E-state index < -0.39 is 24.3 Å². The molecule has 0 aliphatic heterocycles. The van der Waals surface area contributed by atoms with Gasteiger partial charge in [-0.05, 0) is 53.3 Å². The molecule has 1 aliphatic rings. The molecule has 0 saturated carbocycles. The lowest BCUT2D eigenvalue weighted by molar-refractivity contribution is 0.0926. The number of rotatable bonds is 4. The van der Waals surface area contributed by atoms with Gasteiger partial charge in [-0.15, -0.1) is 0 Å². The second-order valence-corrected chi connectivity index (χ2v) is 6.86. The van der Waals surface area contributed by atoms with Crippen LogP contribution < -0.4 is 0 Å². The molecule has 0 spiro atoms. The van der Waals surface area contributed by atoms with Gasteiger partial charge in [0.2, 0.25) is 0 Å². The minimum atomic E-state index is -1.46. The zero-order chi connectivity index (χ0) is 19.0. The van der Waals surface area contributed by atoms with E-state index in [9.17, 15) is 23.5 Å². The molecule has 0 amide bonds. The third kappa shape index (κ3) is 3.20. The molecule has 1 N–H and O–H groups in total. The summed E-state index contributed by atoms with van der Waals surface area (Å²) in [6, 6.07) is 7.33. The van der Waals surface area contributed by atoms with Gasteiger partial charge >= 0.3 is 0 Å². The summed E-state index contributed by atoms with van der Waals surface area (Å²) >= 11 is 6.10. The number of aliphatic hydroxyl groups is 1. The van der Waals surface area contributed by atoms with E-state index in [2.05, 4.69) is 0 Å². The maximum absolute atomic E-state index is 14.4. The van der Waals surface area contributed by atoms with Crippen LogP contribution in [0.15, 0.2) is 24.3 Å². The van der Waals surface area contributed by atoms with Gasteiger partial charge in [-0.2, -0.15) is 5.26 Å². The molecule has 3 unspecified atom stereocenters. The minimum absolute atomic E-state index is 0.00234. The van der Waals surface area contributed by atoms with E-state index >= 15 is 0 Å². The second-order valence-electron chi connectivity index (χ2n) is 6.45. The maximum Gasteiger partial charge on any atom is 0.134 e. The number of aliphatic hydroxyl groups excluding tert-OH is 1. The van der Waals surface area contributed by atoms with Crippen molar-refractivity contribution in [1.29, 1.82) is 5.26 Å². The van der Waals surface area contributed by atoms with Crippen LogP contribution in [0.5, 0.6) is 0 Å². The minimum Gasteiger partial charge on any atom is -0.385 e. The Bertz CT molecular complexity index is 894. The summed E-state index contributed by atoms with van der Waals surface area (Å²) in [7, 11) is 0. The fourth-order valence-corrected chi connectivity index (χ4v) is 3.83. The molecule has 0 radical (unpaired) electrons. The van der Waals surface area contributed by atoms with Crippen molar-refractivity contribution in [2.24, 2.45) is 0 Å². The fraction of sp³-hybridized carbons (Fsp3) is 0.350. The largest absolute Gasteiger partial charge is 0.385 e. The van der Waals surface area contributed by atoms with Crippen molar-refractivity contribution in [3.05, 3.63) is 68.5 Å². The highest BCUT2D eigenvalue weighted by Gasteiger charge is 2.34. The van der Waals surface area contributed by atoms with Crippen molar-refractivity contribution < 1.29 is 18.3 Å². The molecule has 26 heavy (non-hydrogen) atoms. The molecule has 3 rings (SSSR count). The van der Waals surface area contributed by atoms with Crippen molar-refractivity contribution in [3.8, 4) is 6.07 Å². The first kappa shape index (κ1) is 18.8. The molecule has 0 aromatic heterocycles. The lowest BCUT2D eigenvalue weighted by atomic mass is 9.89. The van der Waals surface area contributed by atoms with E-state index in [0.717, 1.165) is 12.1 Å². The monoisotopic (exact) mass is 379 g/mol. The number of hydrogen-bond donors (Lipinski definition) is 1. The van der Waals surface area contributed by atoms with E-state index in [1.165, 1.54) is 0 Å².